The fourth-order valence-electron chi connectivity index (χ4n) is 4.24. The lowest BCUT2D eigenvalue weighted by molar-refractivity contribution is -0.122. The Hall–Kier alpha value is -3.98. The molecule has 0 spiro atoms. The lowest BCUT2D eigenvalue weighted by atomic mass is 10.1. The number of anilines is 2. The Morgan fingerprint density at radius 2 is 1.89 bits per heavy atom. The molecule has 0 saturated carbocycles. The largest absolute Gasteiger partial charge is 0.465 e. The minimum atomic E-state index is -0.581. The number of thiazole rings is 1. The average Bonchev–Trinajstić information content (AvgIpc) is 3.53. The van der Waals surface area contributed by atoms with Crippen LogP contribution in [0.3, 0.4) is 0 Å². The quantitative estimate of drug-likeness (QED) is 0.398. The number of carbonyl (C=O) groups excluding carboxylic acids is 3. The van der Waals surface area contributed by atoms with E-state index in [-0.39, 0.29) is 36.2 Å². The van der Waals surface area contributed by atoms with Gasteiger partial charge in [0, 0.05) is 18.7 Å². The van der Waals surface area contributed by atoms with E-state index in [0.717, 1.165) is 21.5 Å². The van der Waals surface area contributed by atoms with E-state index in [4.69, 9.17) is 9.15 Å². The summed E-state index contributed by atoms with van der Waals surface area (Å²) in [6, 6.07) is 15.2. The summed E-state index contributed by atoms with van der Waals surface area (Å²) in [6.45, 7) is 3.87. The zero-order chi connectivity index (χ0) is 24.7. The Morgan fingerprint density at radius 3 is 2.60 bits per heavy atom. The summed E-state index contributed by atoms with van der Waals surface area (Å²) >= 11 is 1.39. The first-order valence-electron chi connectivity index (χ1n) is 11.1. The zero-order valence-corrected chi connectivity index (χ0v) is 20.3. The lowest BCUT2D eigenvalue weighted by Gasteiger charge is -2.16. The second-order valence-corrected chi connectivity index (χ2v) is 9.48. The van der Waals surface area contributed by atoms with Crippen molar-refractivity contribution >= 4 is 50.9 Å². The zero-order valence-electron chi connectivity index (χ0n) is 19.5. The molecule has 1 unspecified atom stereocenters. The van der Waals surface area contributed by atoms with Crippen LogP contribution in [0.15, 0.2) is 52.9 Å². The van der Waals surface area contributed by atoms with Crippen molar-refractivity contribution in [1.29, 1.82) is 0 Å². The van der Waals surface area contributed by atoms with E-state index in [9.17, 15) is 14.4 Å². The van der Waals surface area contributed by atoms with Crippen LogP contribution in [0.25, 0.3) is 20.8 Å². The maximum atomic E-state index is 13.2. The Bertz CT molecular complexity index is 1420. The molecule has 2 amide bonds. The van der Waals surface area contributed by atoms with Gasteiger partial charge in [-0.05, 0) is 38.1 Å². The molecule has 9 heteroatoms. The van der Waals surface area contributed by atoms with E-state index in [1.807, 2.05) is 55.5 Å². The van der Waals surface area contributed by atoms with Crippen LogP contribution >= 0.6 is 11.3 Å². The molecule has 35 heavy (non-hydrogen) atoms. The molecule has 2 aromatic heterocycles. The Labute approximate surface area is 205 Å². The third-order valence-electron chi connectivity index (χ3n) is 6.06. The minimum absolute atomic E-state index is 0.0831. The van der Waals surface area contributed by atoms with Crippen LogP contribution in [-0.4, -0.2) is 36.4 Å². The van der Waals surface area contributed by atoms with Gasteiger partial charge in [0.25, 0.3) is 0 Å². The summed E-state index contributed by atoms with van der Waals surface area (Å²) in [4.78, 5) is 44.7. The first-order valence-corrected chi connectivity index (χ1v) is 11.9. The maximum Gasteiger partial charge on any atom is 0.342 e. The van der Waals surface area contributed by atoms with Crippen LogP contribution in [-0.2, 0) is 14.3 Å². The van der Waals surface area contributed by atoms with Gasteiger partial charge in [-0.25, -0.2) is 9.78 Å². The molecule has 1 fully saturated rings. The van der Waals surface area contributed by atoms with Crippen LogP contribution in [0.5, 0.6) is 0 Å². The number of nitrogens with one attached hydrogen (secondary N) is 1. The van der Waals surface area contributed by atoms with E-state index < -0.39 is 11.9 Å². The number of carbonyl (C=O) groups is 3. The van der Waals surface area contributed by atoms with Gasteiger partial charge in [-0.3, -0.25) is 14.9 Å². The molecule has 1 saturated heterocycles. The number of ether oxygens (including phenoxy) is 1. The van der Waals surface area contributed by atoms with Crippen LogP contribution < -0.4 is 10.2 Å². The molecule has 5 rings (SSSR count). The number of furan rings is 1. The third kappa shape index (κ3) is 4.19. The monoisotopic (exact) mass is 489 g/mol. The standard InChI is InChI=1S/C26H23N3O5S/c1-14-8-10-17(11-9-14)29-13-16(12-20(29)30)23(31)28-24-22(21(15(2)34-24)26(32)33-3)25-27-18-6-4-5-7-19(18)35-25/h4-11,16H,12-13H2,1-3H3,(H,28,31). The SMILES string of the molecule is COC(=O)c1c(C)oc(NC(=O)C2CC(=O)N(c3ccc(C)cc3)C2)c1-c1nc2ccccc2s1. The Morgan fingerprint density at radius 1 is 1.14 bits per heavy atom. The molecule has 3 heterocycles. The molecule has 2 aromatic carbocycles. The van der Waals surface area contributed by atoms with E-state index in [1.54, 1.807) is 11.8 Å². The van der Waals surface area contributed by atoms with Gasteiger partial charge in [0.2, 0.25) is 17.7 Å². The number of aryl methyl sites for hydroxylation is 2. The molecular weight excluding hydrogens is 466 g/mol. The summed E-state index contributed by atoms with van der Waals surface area (Å²) in [6.07, 6.45) is 0.0831. The van der Waals surface area contributed by atoms with Crippen molar-refractivity contribution in [2.75, 3.05) is 23.9 Å². The van der Waals surface area contributed by atoms with E-state index in [0.29, 0.717) is 16.3 Å². The van der Waals surface area contributed by atoms with Gasteiger partial charge in [0.05, 0.1) is 28.8 Å². The van der Waals surface area contributed by atoms with Gasteiger partial charge >= 0.3 is 5.97 Å². The first kappa shape index (κ1) is 22.8. The summed E-state index contributed by atoms with van der Waals surface area (Å²) < 4.78 is 11.7. The fourth-order valence-corrected chi connectivity index (χ4v) is 5.25. The molecule has 178 valence electrons. The Kier molecular flexibility index (Phi) is 5.86. The van der Waals surface area contributed by atoms with Crippen LogP contribution in [0, 0.1) is 19.8 Å². The Balaban J connectivity index is 1.46. The summed E-state index contributed by atoms with van der Waals surface area (Å²) in [5.74, 6) is -1.20. The van der Waals surface area contributed by atoms with Crippen molar-refractivity contribution in [2.45, 2.75) is 20.3 Å². The molecule has 4 aromatic rings. The molecule has 8 nitrogen and oxygen atoms in total. The molecule has 1 atom stereocenters. The normalized spacial score (nSPS) is 15.6. The number of benzene rings is 2. The molecule has 0 bridgehead atoms. The topological polar surface area (TPSA) is 102 Å². The smallest absolute Gasteiger partial charge is 0.342 e. The van der Waals surface area contributed by atoms with Crippen molar-refractivity contribution in [3.05, 3.63) is 65.4 Å². The summed E-state index contributed by atoms with van der Waals surface area (Å²) in [7, 11) is 1.29. The number of rotatable bonds is 5. The maximum absolute atomic E-state index is 13.2. The van der Waals surface area contributed by atoms with Crippen molar-refractivity contribution in [3.63, 3.8) is 0 Å². The van der Waals surface area contributed by atoms with Gasteiger partial charge in [-0.1, -0.05) is 29.8 Å². The number of fused-ring (bicyclic) bond motifs is 1. The second-order valence-electron chi connectivity index (χ2n) is 8.45. The number of esters is 1. The third-order valence-corrected chi connectivity index (χ3v) is 7.11. The predicted octanol–water partition coefficient (Wildman–Crippen LogP) is 4.95. The highest BCUT2D eigenvalue weighted by Crippen LogP contribution is 2.41. The number of hydrogen-bond donors (Lipinski definition) is 1. The number of aromatic nitrogens is 1. The predicted molar refractivity (Wildman–Crippen MR) is 134 cm³/mol. The minimum Gasteiger partial charge on any atom is -0.465 e. The second kappa shape index (κ2) is 8.99. The molecular formula is C26H23N3O5S. The number of para-hydroxylation sites is 1. The van der Waals surface area contributed by atoms with E-state index >= 15 is 0 Å². The van der Waals surface area contributed by atoms with E-state index in [1.165, 1.54) is 18.4 Å². The highest BCUT2D eigenvalue weighted by Gasteiger charge is 2.37. The van der Waals surface area contributed by atoms with Crippen molar-refractivity contribution in [3.8, 4) is 10.6 Å². The summed E-state index contributed by atoms with van der Waals surface area (Å²) in [5, 5.41) is 3.34. The van der Waals surface area contributed by atoms with E-state index in [2.05, 4.69) is 10.3 Å². The van der Waals surface area contributed by atoms with Gasteiger partial charge in [0.1, 0.15) is 16.3 Å². The highest BCUT2D eigenvalue weighted by molar-refractivity contribution is 7.21. The van der Waals surface area contributed by atoms with Crippen LogP contribution in [0.4, 0.5) is 11.6 Å². The number of nitrogens with zero attached hydrogens (tertiary/aromatic N) is 2. The van der Waals surface area contributed by atoms with Gasteiger partial charge in [0.15, 0.2) is 0 Å². The molecule has 1 aliphatic heterocycles. The molecule has 0 radical (unpaired) electrons. The van der Waals surface area contributed by atoms with Crippen LogP contribution in [0.1, 0.15) is 28.1 Å². The number of hydrogen-bond acceptors (Lipinski definition) is 7. The van der Waals surface area contributed by atoms with Crippen LogP contribution in [0.2, 0.25) is 0 Å². The molecule has 1 aliphatic rings. The van der Waals surface area contributed by atoms with Crippen molar-refractivity contribution < 1.29 is 23.5 Å². The lowest BCUT2D eigenvalue weighted by Crippen LogP contribution is -2.28. The first-order chi connectivity index (χ1) is 16.9. The van der Waals surface area contributed by atoms with Gasteiger partial charge in [-0.2, -0.15) is 0 Å². The summed E-state index contributed by atoms with van der Waals surface area (Å²) in [5.41, 5.74) is 3.21. The number of amides is 2. The van der Waals surface area contributed by atoms with Gasteiger partial charge < -0.3 is 14.1 Å². The highest BCUT2D eigenvalue weighted by atomic mass is 32.1. The van der Waals surface area contributed by atoms with Gasteiger partial charge in [-0.15, -0.1) is 11.3 Å². The van der Waals surface area contributed by atoms with Crippen molar-refractivity contribution in [1.82, 2.24) is 4.98 Å². The molecule has 1 N–H and O–H groups in total. The molecule has 0 aliphatic carbocycles. The average molecular weight is 490 g/mol. The number of methoxy groups -OCH3 is 1. The van der Waals surface area contributed by atoms with Crippen molar-refractivity contribution in [2.24, 2.45) is 5.92 Å². The fraction of sp³-hybridized carbons (Fsp3) is 0.231.